The number of thiophene rings is 1. The van der Waals surface area contributed by atoms with Crippen molar-refractivity contribution in [2.75, 3.05) is 26.3 Å². The summed E-state index contributed by atoms with van der Waals surface area (Å²) in [6.45, 7) is 6.18. The molecule has 134 valence electrons. The molecular weight excluding hydrogens is 330 g/mol. The Labute approximate surface area is 154 Å². The minimum Gasteiger partial charge on any atom is -0.381 e. The summed E-state index contributed by atoms with van der Waals surface area (Å²) in [5.74, 6) is 0.885. The molecular formula is C20H27N3OS. The molecule has 1 aliphatic rings. The van der Waals surface area contributed by atoms with Gasteiger partial charge in [-0.2, -0.15) is 11.3 Å². The maximum Gasteiger partial charge on any atom is 0.191 e. The van der Waals surface area contributed by atoms with Gasteiger partial charge in [0.15, 0.2) is 5.96 Å². The summed E-state index contributed by atoms with van der Waals surface area (Å²) >= 11 is 1.71. The zero-order valence-corrected chi connectivity index (χ0v) is 15.6. The highest BCUT2D eigenvalue weighted by Gasteiger charge is 2.34. The van der Waals surface area contributed by atoms with Crippen LogP contribution < -0.4 is 10.6 Å². The molecule has 0 radical (unpaired) electrons. The number of nitrogens with one attached hydrogen (secondary N) is 2. The van der Waals surface area contributed by atoms with Gasteiger partial charge in [-0.1, -0.05) is 30.3 Å². The van der Waals surface area contributed by atoms with Crippen molar-refractivity contribution in [1.29, 1.82) is 0 Å². The average Bonchev–Trinajstić information content (AvgIpc) is 3.19. The number of hydrogen-bond donors (Lipinski definition) is 2. The van der Waals surface area contributed by atoms with Gasteiger partial charge in [0.25, 0.3) is 0 Å². The van der Waals surface area contributed by atoms with Crippen LogP contribution in [0.4, 0.5) is 0 Å². The zero-order valence-electron chi connectivity index (χ0n) is 14.8. The van der Waals surface area contributed by atoms with E-state index >= 15 is 0 Å². The van der Waals surface area contributed by atoms with E-state index in [0.717, 1.165) is 45.1 Å². The van der Waals surface area contributed by atoms with Crippen molar-refractivity contribution in [3.05, 3.63) is 58.3 Å². The van der Waals surface area contributed by atoms with Crippen molar-refractivity contribution in [1.82, 2.24) is 10.6 Å². The summed E-state index contributed by atoms with van der Waals surface area (Å²) in [6.07, 6.45) is 2.07. The summed E-state index contributed by atoms with van der Waals surface area (Å²) in [5.41, 5.74) is 2.75. The van der Waals surface area contributed by atoms with Crippen molar-refractivity contribution in [2.24, 2.45) is 4.99 Å². The predicted molar refractivity (Wildman–Crippen MR) is 105 cm³/mol. The molecule has 3 rings (SSSR count). The second-order valence-electron chi connectivity index (χ2n) is 6.44. The summed E-state index contributed by atoms with van der Waals surface area (Å²) in [7, 11) is 0. The monoisotopic (exact) mass is 357 g/mol. The van der Waals surface area contributed by atoms with Crippen LogP contribution in [0.5, 0.6) is 0 Å². The van der Waals surface area contributed by atoms with Crippen molar-refractivity contribution < 1.29 is 4.74 Å². The van der Waals surface area contributed by atoms with Crippen LogP contribution >= 0.6 is 11.3 Å². The SMILES string of the molecule is CCNC(=NCc1ccsc1)NCC1(c2ccccc2)CCOCC1. The van der Waals surface area contributed by atoms with Gasteiger partial charge in [0.2, 0.25) is 0 Å². The second-order valence-corrected chi connectivity index (χ2v) is 7.22. The van der Waals surface area contributed by atoms with E-state index in [2.05, 4.69) is 64.7 Å². The van der Waals surface area contributed by atoms with E-state index in [1.165, 1.54) is 11.1 Å². The van der Waals surface area contributed by atoms with Crippen molar-refractivity contribution in [3.8, 4) is 0 Å². The van der Waals surface area contributed by atoms with Gasteiger partial charge in [-0.05, 0) is 47.7 Å². The second kappa shape index (κ2) is 9.02. The molecule has 4 nitrogen and oxygen atoms in total. The molecule has 5 heteroatoms. The molecule has 0 spiro atoms. The number of ether oxygens (including phenoxy) is 1. The standard InChI is InChI=1S/C20H27N3OS/c1-2-21-19(22-14-17-8-13-25-15-17)23-16-20(9-11-24-12-10-20)18-6-4-3-5-7-18/h3-8,13,15H,2,9-12,14,16H2,1H3,(H2,21,22,23). The summed E-state index contributed by atoms with van der Waals surface area (Å²) < 4.78 is 5.62. The minimum absolute atomic E-state index is 0.109. The molecule has 0 unspecified atom stereocenters. The third-order valence-corrected chi connectivity index (χ3v) is 5.51. The fourth-order valence-electron chi connectivity index (χ4n) is 3.27. The normalized spacial score (nSPS) is 17.2. The van der Waals surface area contributed by atoms with Crippen LogP contribution in [0.2, 0.25) is 0 Å². The maximum atomic E-state index is 5.62. The molecule has 1 aromatic heterocycles. The van der Waals surface area contributed by atoms with Gasteiger partial charge in [-0.3, -0.25) is 0 Å². The van der Waals surface area contributed by atoms with Gasteiger partial charge >= 0.3 is 0 Å². The minimum atomic E-state index is 0.109. The molecule has 1 aliphatic heterocycles. The Balaban J connectivity index is 1.71. The van der Waals surface area contributed by atoms with E-state index in [0.29, 0.717) is 6.54 Å². The molecule has 1 saturated heterocycles. The largest absolute Gasteiger partial charge is 0.381 e. The topological polar surface area (TPSA) is 45.7 Å². The van der Waals surface area contributed by atoms with Gasteiger partial charge in [0.05, 0.1) is 6.54 Å². The highest BCUT2D eigenvalue weighted by molar-refractivity contribution is 7.07. The van der Waals surface area contributed by atoms with Crippen molar-refractivity contribution in [3.63, 3.8) is 0 Å². The van der Waals surface area contributed by atoms with Crippen LogP contribution in [-0.2, 0) is 16.7 Å². The van der Waals surface area contributed by atoms with Gasteiger partial charge in [-0.25, -0.2) is 4.99 Å². The molecule has 1 fully saturated rings. The number of nitrogens with zero attached hydrogens (tertiary/aromatic N) is 1. The molecule has 0 saturated carbocycles. The fourth-order valence-corrected chi connectivity index (χ4v) is 3.93. The zero-order chi connectivity index (χ0) is 17.4. The smallest absolute Gasteiger partial charge is 0.191 e. The quantitative estimate of drug-likeness (QED) is 0.614. The van der Waals surface area contributed by atoms with Crippen LogP contribution in [0.25, 0.3) is 0 Å². The summed E-state index contributed by atoms with van der Waals surface area (Å²) in [5, 5.41) is 11.2. The summed E-state index contributed by atoms with van der Waals surface area (Å²) in [4.78, 5) is 4.73. The average molecular weight is 358 g/mol. The molecule has 0 atom stereocenters. The van der Waals surface area contributed by atoms with E-state index < -0.39 is 0 Å². The van der Waals surface area contributed by atoms with Gasteiger partial charge in [0, 0.05) is 31.7 Å². The highest BCUT2D eigenvalue weighted by Crippen LogP contribution is 2.34. The summed E-state index contributed by atoms with van der Waals surface area (Å²) in [6, 6.07) is 12.9. The molecule has 25 heavy (non-hydrogen) atoms. The first-order valence-electron chi connectivity index (χ1n) is 8.99. The van der Waals surface area contributed by atoms with E-state index in [4.69, 9.17) is 9.73 Å². The lowest BCUT2D eigenvalue weighted by Gasteiger charge is -2.38. The fraction of sp³-hybridized carbons (Fsp3) is 0.450. The lowest BCUT2D eigenvalue weighted by Crippen LogP contribution is -2.48. The third kappa shape index (κ3) is 4.83. The number of benzene rings is 1. The Morgan fingerprint density at radius 2 is 1.96 bits per heavy atom. The van der Waals surface area contributed by atoms with Crippen LogP contribution in [0.3, 0.4) is 0 Å². The Morgan fingerprint density at radius 1 is 1.16 bits per heavy atom. The van der Waals surface area contributed by atoms with E-state index in [1.54, 1.807) is 11.3 Å². The van der Waals surface area contributed by atoms with Crippen LogP contribution in [0, 0.1) is 0 Å². The van der Waals surface area contributed by atoms with Gasteiger partial charge < -0.3 is 15.4 Å². The molecule has 2 N–H and O–H groups in total. The Bertz CT molecular complexity index is 649. The first kappa shape index (κ1) is 18.0. The van der Waals surface area contributed by atoms with E-state index in [9.17, 15) is 0 Å². The number of rotatable bonds is 6. The van der Waals surface area contributed by atoms with Crippen molar-refractivity contribution >= 4 is 17.3 Å². The maximum absolute atomic E-state index is 5.62. The van der Waals surface area contributed by atoms with Crippen LogP contribution in [-0.4, -0.2) is 32.3 Å². The van der Waals surface area contributed by atoms with E-state index in [1.807, 2.05) is 0 Å². The number of guanidine groups is 1. The molecule has 0 amide bonds. The first-order valence-corrected chi connectivity index (χ1v) is 9.93. The highest BCUT2D eigenvalue weighted by atomic mass is 32.1. The van der Waals surface area contributed by atoms with E-state index in [-0.39, 0.29) is 5.41 Å². The van der Waals surface area contributed by atoms with Gasteiger partial charge in [-0.15, -0.1) is 0 Å². The lowest BCUT2D eigenvalue weighted by atomic mass is 9.74. The Kier molecular flexibility index (Phi) is 6.48. The molecule has 2 aromatic rings. The molecule has 2 heterocycles. The number of hydrogen-bond acceptors (Lipinski definition) is 3. The first-order chi connectivity index (χ1) is 12.3. The predicted octanol–water partition coefficient (Wildman–Crippen LogP) is 3.55. The number of aliphatic imine (C=N–C) groups is 1. The van der Waals surface area contributed by atoms with Crippen LogP contribution in [0.1, 0.15) is 30.9 Å². The van der Waals surface area contributed by atoms with Crippen molar-refractivity contribution in [2.45, 2.75) is 31.7 Å². The van der Waals surface area contributed by atoms with Gasteiger partial charge in [0.1, 0.15) is 0 Å². The Hall–Kier alpha value is -1.85. The molecule has 0 bridgehead atoms. The Morgan fingerprint density at radius 3 is 2.64 bits per heavy atom. The lowest BCUT2D eigenvalue weighted by molar-refractivity contribution is 0.0514. The molecule has 1 aromatic carbocycles. The third-order valence-electron chi connectivity index (χ3n) is 4.77. The molecule has 0 aliphatic carbocycles. The van der Waals surface area contributed by atoms with Crippen LogP contribution in [0.15, 0.2) is 52.2 Å².